The van der Waals surface area contributed by atoms with E-state index in [2.05, 4.69) is 13.2 Å². The molecule has 0 saturated heterocycles. The summed E-state index contributed by atoms with van der Waals surface area (Å²) in [6.07, 6.45) is 13.8. The zero-order chi connectivity index (χ0) is 14.0. The van der Waals surface area contributed by atoms with Crippen molar-refractivity contribution in [2.24, 2.45) is 5.92 Å². The minimum atomic E-state index is -0.886. The second-order valence-electron chi connectivity index (χ2n) is 3.56. The lowest BCUT2D eigenvalue weighted by molar-refractivity contribution is -0.139. The second-order valence-corrected chi connectivity index (χ2v) is 3.56. The fourth-order valence-electron chi connectivity index (χ4n) is 1.59. The van der Waals surface area contributed by atoms with Gasteiger partial charge >= 0.3 is 5.97 Å². The van der Waals surface area contributed by atoms with Crippen molar-refractivity contribution in [2.75, 3.05) is 0 Å². The standard InChI is InChI=1S/C16H20O2/c1-5-9-12-13(8-4)15(16(17)18)14(10-6-2)11-7-3/h5-12,15H,1-2H2,3-4H3,(H,17,18)/b11-7-,12-9-,13-8+,14-10+. The Kier molecular flexibility index (Phi) is 7.95. The number of rotatable bonds is 7. The molecule has 0 rings (SSSR count). The number of hydrogen-bond acceptors (Lipinski definition) is 1. The average Bonchev–Trinajstić information content (AvgIpc) is 2.34. The van der Waals surface area contributed by atoms with Gasteiger partial charge in [-0.2, -0.15) is 0 Å². The van der Waals surface area contributed by atoms with Crippen LogP contribution in [-0.4, -0.2) is 11.1 Å². The van der Waals surface area contributed by atoms with Crippen molar-refractivity contribution < 1.29 is 9.90 Å². The first-order chi connectivity index (χ1) is 8.62. The molecule has 0 radical (unpaired) electrons. The Morgan fingerprint density at radius 2 is 1.78 bits per heavy atom. The van der Waals surface area contributed by atoms with Crippen molar-refractivity contribution in [2.45, 2.75) is 13.8 Å². The molecule has 0 aromatic rings. The van der Waals surface area contributed by atoms with Gasteiger partial charge in [-0.15, -0.1) is 0 Å². The van der Waals surface area contributed by atoms with Crippen LogP contribution in [0.25, 0.3) is 0 Å². The zero-order valence-electron chi connectivity index (χ0n) is 11.0. The predicted molar refractivity (Wildman–Crippen MR) is 77.3 cm³/mol. The molecule has 0 aliphatic rings. The van der Waals surface area contributed by atoms with Crippen LogP contribution in [0.5, 0.6) is 0 Å². The van der Waals surface area contributed by atoms with E-state index >= 15 is 0 Å². The van der Waals surface area contributed by atoms with E-state index in [9.17, 15) is 9.90 Å². The van der Waals surface area contributed by atoms with Gasteiger partial charge in [0.15, 0.2) is 0 Å². The van der Waals surface area contributed by atoms with Crippen LogP contribution >= 0.6 is 0 Å². The van der Waals surface area contributed by atoms with Gasteiger partial charge in [0.25, 0.3) is 0 Å². The summed E-state index contributed by atoms with van der Waals surface area (Å²) in [6, 6.07) is 0. The Balaban J connectivity index is 5.59. The lowest BCUT2D eigenvalue weighted by atomic mass is 9.89. The first kappa shape index (κ1) is 15.9. The highest BCUT2D eigenvalue weighted by Crippen LogP contribution is 2.23. The molecule has 18 heavy (non-hydrogen) atoms. The molecule has 2 nitrogen and oxygen atoms in total. The van der Waals surface area contributed by atoms with Gasteiger partial charge in [0.2, 0.25) is 0 Å². The first-order valence-corrected chi connectivity index (χ1v) is 5.75. The van der Waals surface area contributed by atoms with Crippen molar-refractivity contribution in [3.8, 4) is 0 Å². The van der Waals surface area contributed by atoms with E-state index in [1.807, 2.05) is 19.9 Å². The largest absolute Gasteiger partial charge is 0.481 e. The third-order valence-corrected chi connectivity index (χ3v) is 2.34. The summed E-state index contributed by atoms with van der Waals surface area (Å²) in [4.78, 5) is 11.4. The van der Waals surface area contributed by atoms with E-state index in [-0.39, 0.29) is 0 Å². The molecule has 1 unspecified atom stereocenters. The topological polar surface area (TPSA) is 37.3 Å². The lowest BCUT2D eigenvalue weighted by Gasteiger charge is -2.15. The molecule has 0 aliphatic heterocycles. The maximum Gasteiger partial charge on any atom is 0.315 e. The third-order valence-electron chi connectivity index (χ3n) is 2.34. The van der Waals surface area contributed by atoms with Crippen LogP contribution in [0, 0.1) is 5.92 Å². The summed E-state index contributed by atoms with van der Waals surface area (Å²) < 4.78 is 0. The number of allylic oxidation sites excluding steroid dienone is 8. The van der Waals surface area contributed by atoms with Gasteiger partial charge < -0.3 is 5.11 Å². The van der Waals surface area contributed by atoms with E-state index in [4.69, 9.17) is 0 Å². The van der Waals surface area contributed by atoms with E-state index < -0.39 is 11.9 Å². The highest BCUT2D eigenvalue weighted by molar-refractivity contribution is 5.79. The summed E-state index contributed by atoms with van der Waals surface area (Å²) in [5.41, 5.74) is 1.41. The average molecular weight is 244 g/mol. The Hall–Kier alpha value is -2.09. The normalized spacial score (nSPS) is 15.0. The Morgan fingerprint density at radius 1 is 1.11 bits per heavy atom. The van der Waals surface area contributed by atoms with Gasteiger partial charge in [0.1, 0.15) is 5.92 Å². The van der Waals surface area contributed by atoms with E-state index in [1.165, 1.54) is 0 Å². The molecule has 0 heterocycles. The molecule has 0 aliphatic carbocycles. The van der Waals surface area contributed by atoms with Crippen LogP contribution in [0.15, 0.2) is 72.9 Å². The van der Waals surface area contributed by atoms with Crippen LogP contribution in [0.2, 0.25) is 0 Å². The van der Waals surface area contributed by atoms with E-state index in [1.54, 1.807) is 42.5 Å². The fraction of sp³-hybridized carbons (Fsp3) is 0.188. The van der Waals surface area contributed by atoms with Crippen LogP contribution in [0.1, 0.15) is 13.8 Å². The molecule has 0 bridgehead atoms. The fourth-order valence-corrected chi connectivity index (χ4v) is 1.59. The Morgan fingerprint density at radius 3 is 2.17 bits per heavy atom. The number of carboxylic acids is 1. The number of hydrogen-bond donors (Lipinski definition) is 1. The molecular weight excluding hydrogens is 224 g/mol. The maximum atomic E-state index is 11.4. The van der Waals surface area contributed by atoms with Crippen LogP contribution in [0.3, 0.4) is 0 Å². The smallest absolute Gasteiger partial charge is 0.315 e. The molecule has 0 saturated carbocycles. The SMILES string of the molecule is C=C/C=C\C(=C/C)C(C(=O)O)C(/C=C\C)=C/C=C. The molecule has 0 fully saturated rings. The van der Waals surface area contributed by atoms with Gasteiger partial charge in [-0.1, -0.05) is 61.8 Å². The molecule has 1 atom stereocenters. The van der Waals surface area contributed by atoms with Crippen molar-refractivity contribution in [1.82, 2.24) is 0 Å². The quantitative estimate of drug-likeness (QED) is 0.685. The Labute approximate surface area is 109 Å². The van der Waals surface area contributed by atoms with Crippen molar-refractivity contribution >= 4 is 5.97 Å². The summed E-state index contributed by atoms with van der Waals surface area (Å²) in [5, 5.41) is 9.39. The monoisotopic (exact) mass is 244 g/mol. The van der Waals surface area contributed by atoms with Gasteiger partial charge in [0, 0.05) is 0 Å². The first-order valence-electron chi connectivity index (χ1n) is 5.75. The van der Waals surface area contributed by atoms with Crippen LogP contribution in [0.4, 0.5) is 0 Å². The summed E-state index contributed by atoms with van der Waals surface area (Å²) >= 11 is 0. The molecular formula is C16H20O2. The molecule has 0 aromatic heterocycles. The number of carboxylic acid groups (broad SMARTS) is 1. The van der Waals surface area contributed by atoms with Gasteiger partial charge in [0.05, 0.1) is 0 Å². The maximum absolute atomic E-state index is 11.4. The predicted octanol–water partition coefficient (Wildman–Crippen LogP) is 4.06. The zero-order valence-corrected chi connectivity index (χ0v) is 11.0. The second kappa shape index (κ2) is 8.99. The summed E-state index contributed by atoms with van der Waals surface area (Å²) in [6.45, 7) is 10.9. The summed E-state index contributed by atoms with van der Waals surface area (Å²) in [7, 11) is 0. The van der Waals surface area contributed by atoms with E-state index in [0.29, 0.717) is 11.1 Å². The third kappa shape index (κ3) is 4.83. The number of carbonyl (C=O) groups is 1. The van der Waals surface area contributed by atoms with E-state index in [0.717, 1.165) is 0 Å². The van der Waals surface area contributed by atoms with Gasteiger partial charge in [-0.3, -0.25) is 4.79 Å². The minimum absolute atomic E-state index is 0.694. The molecule has 0 amide bonds. The van der Waals surface area contributed by atoms with Crippen LogP contribution < -0.4 is 0 Å². The van der Waals surface area contributed by atoms with Crippen LogP contribution in [-0.2, 0) is 4.79 Å². The van der Waals surface area contributed by atoms with Crippen molar-refractivity contribution in [3.63, 3.8) is 0 Å². The minimum Gasteiger partial charge on any atom is -0.481 e. The molecule has 2 heteroatoms. The molecule has 0 spiro atoms. The van der Waals surface area contributed by atoms with Crippen molar-refractivity contribution in [3.05, 3.63) is 72.9 Å². The van der Waals surface area contributed by atoms with Gasteiger partial charge in [-0.05, 0) is 25.0 Å². The molecule has 1 N–H and O–H groups in total. The van der Waals surface area contributed by atoms with Crippen molar-refractivity contribution in [1.29, 1.82) is 0 Å². The highest BCUT2D eigenvalue weighted by Gasteiger charge is 2.22. The summed E-state index contributed by atoms with van der Waals surface area (Å²) in [5.74, 6) is -1.58. The highest BCUT2D eigenvalue weighted by atomic mass is 16.4. The lowest BCUT2D eigenvalue weighted by Crippen LogP contribution is -2.17. The molecule has 0 aromatic carbocycles. The van der Waals surface area contributed by atoms with Gasteiger partial charge in [-0.25, -0.2) is 0 Å². The molecule has 96 valence electrons. The number of aliphatic carboxylic acids is 1. The Bertz CT molecular complexity index is 420.